The lowest BCUT2D eigenvalue weighted by atomic mass is 10.0. The van der Waals surface area contributed by atoms with Gasteiger partial charge >= 0.3 is 0 Å². The van der Waals surface area contributed by atoms with Crippen LogP contribution in [-0.2, 0) is 6.54 Å². The van der Waals surface area contributed by atoms with Gasteiger partial charge in [-0.05, 0) is 53.1 Å². The van der Waals surface area contributed by atoms with Gasteiger partial charge in [-0.3, -0.25) is 4.90 Å². The molecule has 1 saturated heterocycles. The van der Waals surface area contributed by atoms with Crippen molar-refractivity contribution in [3.8, 4) is 0 Å². The first-order chi connectivity index (χ1) is 14.0. The van der Waals surface area contributed by atoms with Crippen LogP contribution in [0.1, 0.15) is 37.0 Å². The standard InChI is InChI=1S/C21H27ClN6O/c1-15(2)20(21-23-24-25-28(21)14-18-5-4-12-29-18)27-10-8-26(9-11-27)19-13-17(22)7-6-16(19)3/h4-7,12-13,15,20H,8-11,14H2,1-3H3/t20-/m1/s1. The number of hydrogen-bond donors (Lipinski definition) is 0. The molecule has 1 aliphatic rings. The zero-order valence-corrected chi connectivity index (χ0v) is 17.9. The molecule has 2 aromatic heterocycles. The van der Waals surface area contributed by atoms with E-state index in [1.807, 2.05) is 22.9 Å². The molecule has 1 aliphatic heterocycles. The summed E-state index contributed by atoms with van der Waals surface area (Å²) in [6, 6.07) is 10.1. The number of halogens is 1. The number of anilines is 1. The Kier molecular flexibility index (Phi) is 5.87. The Morgan fingerprint density at radius 2 is 1.93 bits per heavy atom. The largest absolute Gasteiger partial charge is 0.467 e. The molecule has 8 heteroatoms. The van der Waals surface area contributed by atoms with Gasteiger partial charge in [-0.25, -0.2) is 4.68 Å². The molecule has 1 aromatic carbocycles. The molecular formula is C21H27ClN6O. The van der Waals surface area contributed by atoms with Gasteiger partial charge in [0, 0.05) is 36.9 Å². The van der Waals surface area contributed by atoms with Gasteiger partial charge in [0.1, 0.15) is 12.3 Å². The van der Waals surface area contributed by atoms with Gasteiger partial charge in [0.15, 0.2) is 5.82 Å². The molecule has 4 rings (SSSR count). The Hall–Kier alpha value is -2.38. The number of rotatable bonds is 6. The predicted molar refractivity (Wildman–Crippen MR) is 113 cm³/mol. The number of tetrazole rings is 1. The molecule has 29 heavy (non-hydrogen) atoms. The molecule has 0 unspecified atom stereocenters. The molecule has 0 aliphatic carbocycles. The summed E-state index contributed by atoms with van der Waals surface area (Å²) < 4.78 is 7.34. The number of aromatic nitrogens is 4. The summed E-state index contributed by atoms with van der Waals surface area (Å²) in [6.07, 6.45) is 1.68. The Labute approximate surface area is 176 Å². The molecule has 1 atom stereocenters. The quantitative estimate of drug-likeness (QED) is 0.611. The van der Waals surface area contributed by atoms with Gasteiger partial charge in [0.2, 0.25) is 0 Å². The fourth-order valence-corrected chi connectivity index (χ4v) is 4.30. The number of nitrogens with zero attached hydrogens (tertiary/aromatic N) is 6. The van der Waals surface area contributed by atoms with Crippen molar-refractivity contribution in [2.45, 2.75) is 33.4 Å². The highest BCUT2D eigenvalue weighted by Gasteiger charge is 2.32. The minimum Gasteiger partial charge on any atom is -0.467 e. The van der Waals surface area contributed by atoms with E-state index in [2.05, 4.69) is 58.2 Å². The summed E-state index contributed by atoms with van der Waals surface area (Å²) in [7, 11) is 0. The Morgan fingerprint density at radius 3 is 2.62 bits per heavy atom. The van der Waals surface area contributed by atoms with Crippen molar-refractivity contribution in [2.75, 3.05) is 31.1 Å². The maximum atomic E-state index is 6.23. The molecule has 7 nitrogen and oxygen atoms in total. The molecule has 154 valence electrons. The summed E-state index contributed by atoms with van der Waals surface area (Å²) in [5.74, 6) is 2.13. The fraction of sp³-hybridized carbons (Fsp3) is 0.476. The Balaban J connectivity index is 1.50. The first kappa shape index (κ1) is 19.9. The van der Waals surface area contributed by atoms with Crippen molar-refractivity contribution < 1.29 is 4.42 Å². The van der Waals surface area contributed by atoms with Gasteiger partial charge in [0.25, 0.3) is 0 Å². The van der Waals surface area contributed by atoms with Crippen LogP contribution in [0.25, 0.3) is 0 Å². The van der Waals surface area contributed by atoms with Crippen LogP contribution in [-0.4, -0.2) is 51.3 Å². The highest BCUT2D eigenvalue weighted by molar-refractivity contribution is 6.30. The van der Waals surface area contributed by atoms with Crippen LogP contribution in [0.3, 0.4) is 0 Å². The fourth-order valence-electron chi connectivity index (χ4n) is 4.13. The molecule has 1 fully saturated rings. The van der Waals surface area contributed by atoms with E-state index in [4.69, 9.17) is 16.0 Å². The number of furan rings is 1. The molecule has 0 radical (unpaired) electrons. The minimum atomic E-state index is 0.155. The van der Waals surface area contributed by atoms with Gasteiger partial charge < -0.3 is 9.32 Å². The first-order valence-corrected chi connectivity index (χ1v) is 10.4. The molecule has 3 aromatic rings. The summed E-state index contributed by atoms with van der Waals surface area (Å²) in [5, 5.41) is 13.3. The van der Waals surface area contributed by atoms with E-state index < -0.39 is 0 Å². The second kappa shape index (κ2) is 8.55. The maximum absolute atomic E-state index is 6.23. The van der Waals surface area contributed by atoms with Crippen LogP contribution in [0.5, 0.6) is 0 Å². The van der Waals surface area contributed by atoms with E-state index in [0.29, 0.717) is 12.5 Å². The normalized spacial score (nSPS) is 16.5. The van der Waals surface area contributed by atoms with Gasteiger partial charge in [-0.15, -0.1) is 5.10 Å². The SMILES string of the molecule is Cc1ccc(Cl)cc1N1CCN([C@@H](c2nnnn2Cc2ccco2)C(C)C)CC1. The van der Waals surface area contributed by atoms with Crippen LogP contribution in [0.2, 0.25) is 5.02 Å². The van der Waals surface area contributed by atoms with Crippen LogP contribution in [0.15, 0.2) is 41.0 Å². The molecule has 0 spiro atoms. The highest BCUT2D eigenvalue weighted by Crippen LogP contribution is 2.31. The third-order valence-electron chi connectivity index (χ3n) is 5.56. The monoisotopic (exact) mass is 414 g/mol. The van der Waals surface area contributed by atoms with Crippen molar-refractivity contribution in [3.05, 3.63) is 58.8 Å². The van der Waals surface area contributed by atoms with Gasteiger partial charge in [-0.2, -0.15) is 0 Å². The average Bonchev–Trinajstić information content (AvgIpc) is 3.37. The highest BCUT2D eigenvalue weighted by atomic mass is 35.5. The summed E-state index contributed by atoms with van der Waals surface area (Å²) in [5.41, 5.74) is 2.48. The van der Waals surface area contributed by atoms with E-state index >= 15 is 0 Å². The number of aryl methyl sites for hydroxylation is 1. The molecular weight excluding hydrogens is 388 g/mol. The summed E-state index contributed by atoms with van der Waals surface area (Å²) in [4.78, 5) is 4.91. The van der Waals surface area contributed by atoms with Crippen LogP contribution in [0, 0.1) is 12.8 Å². The minimum absolute atomic E-state index is 0.155. The van der Waals surface area contributed by atoms with Crippen LogP contribution in [0.4, 0.5) is 5.69 Å². The Morgan fingerprint density at radius 1 is 1.14 bits per heavy atom. The zero-order valence-electron chi connectivity index (χ0n) is 17.1. The summed E-state index contributed by atoms with van der Waals surface area (Å²) >= 11 is 6.23. The van der Waals surface area contributed by atoms with E-state index in [9.17, 15) is 0 Å². The smallest absolute Gasteiger partial charge is 0.169 e. The van der Waals surface area contributed by atoms with Crippen molar-refractivity contribution >= 4 is 17.3 Å². The van der Waals surface area contributed by atoms with Crippen molar-refractivity contribution in [1.29, 1.82) is 0 Å². The first-order valence-electron chi connectivity index (χ1n) is 10.1. The summed E-state index contributed by atoms with van der Waals surface area (Å²) in [6.45, 7) is 10.9. The average molecular weight is 415 g/mol. The predicted octanol–water partition coefficient (Wildman–Crippen LogP) is 3.80. The molecule has 0 bridgehead atoms. The lowest BCUT2D eigenvalue weighted by molar-refractivity contribution is 0.135. The van der Waals surface area contributed by atoms with Crippen LogP contribution >= 0.6 is 11.6 Å². The number of piperazine rings is 1. The van der Waals surface area contributed by atoms with Crippen molar-refractivity contribution in [1.82, 2.24) is 25.1 Å². The second-order valence-corrected chi connectivity index (χ2v) is 8.35. The molecule has 0 N–H and O–H groups in total. The van der Waals surface area contributed by atoms with Crippen LogP contribution < -0.4 is 4.90 Å². The van der Waals surface area contributed by atoms with Gasteiger partial charge in [0.05, 0.1) is 12.3 Å². The zero-order chi connectivity index (χ0) is 20.4. The lowest BCUT2D eigenvalue weighted by Crippen LogP contribution is -2.49. The third-order valence-corrected chi connectivity index (χ3v) is 5.80. The molecule has 0 amide bonds. The third kappa shape index (κ3) is 4.31. The molecule has 3 heterocycles. The molecule has 0 saturated carbocycles. The number of benzene rings is 1. The van der Waals surface area contributed by atoms with Crippen molar-refractivity contribution in [2.24, 2.45) is 5.92 Å². The van der Waals surface area contributed by atoms with Crippen molar-refractivity contribution in [3.63, 3.8) is 0 Å². The number of hydrogen-bond acceptors (Lipinski definition) is 6. The Bertz CT molecular complexity index is 931. The lowest BCUT2D eigenvalue weighted by Gasteiger charge is -2.41. The maximum Gasteiger partial charge on any atom is 0.169 e. The van der Waals surface area contributed by atoms with E-state index in [0.717, 1.165) is 42.8 Å². The van der Waals surface area contributed by atoms with E-state index in [1.54, 1.807) is 6.26 Å². The van der Waals surface area contributed by atoms with Gasteiger partial charge in [-0.1, -0.05) is 31.5 Å². The topological polar surface area (TPSA) is 63.2 Å². The van der Waals surface area contributed by atoms with E-state index in [1.165, 1.54) is 11.3 Å². The second-order valence-electron chi connectivity index (χ2n) is 7.92. The van der Waals surface area contributed by atoms with E-state index in [-0.39, 0.29) is 6.04 Å².